The molecule has 0 aliphatic heterocycles. The molecule has 0 fully saturated rings. The molecule has 4 nitrogen and oxygen atoms in total. The molecular weight excluding hydrogens is 187 g/mol. The molecule has 0 aliphatic carbocycles. The van der Waals surface area contributed by atoms with Crippen LogP contribution >= 0.6 is 0 Å². The molecule has 0 amide bonds. The fourth-order valence-corrected chi connectivity index (χ4v) is 0.586. The lowest BCUT2D eigenvalue weighted by Crippen LogP contribution is -2.22. The molecule has 8 heteroatoms. The zero-order valence-corrected chi connectivity index (χ0v) is 6.24. The Morgan fingerprint density at radius 3 is 2.18 bits per heavy atom. The van der Waals surface area contributed by atoms with Crippen LogP contribution in [0.4, 0.5) is 13.2 Å². The highest BCUT2D eigenvalue weighted by molar-refractivity contribution is 7.94. The van der Waals surface area contributed by atoms with E-state index in [1.54, 1.807) is 0 Å². The number of rotatable bonds is 3. The fourth-order valence-electron chi connectivity index (χ4n) is 0.195. The summed E-state index contributed by atoms with van der Waals surface area (Å²) in [5.74, 6) is 0. The van der Waals surface area contributed by atoms with Crippen LogP contribution in [-0.4, -0.2) is 27.8 Å². The van der Waals surface area contributed by atoms with Gasteiger partial charge in [-0.1, -0.05) is 0 Å². The first kappa shape index (κ1) is 10.7. The Labute approximate surface area is 61.4 Å². The van der Waals surface area contributed by atoms with Crippen LogP contribution in [0.1, 0.15) is 0 Å². The summed E-state index contributed by atoms with van der Waals surface area (Å²) in [4.78, 5) is 0. The van der Waals surface area contributed by atoms with Crippen molar-refractivity contribution in [2.45, 2.75) is 5.51 Å². The largest absolute Gasteiger partial charge is 0.518 e. The number of nitrogens with zero attached hydrogens (tertiary/aromatic N) is 1. The van der Waals surface area contributed by atoms with Crippen molar-refractivity contribution in [3.63, 3.8) is 0 Å². The van der Waals surface area contributed by atoms with Crippen LogP contribution in [-0.2, 0) is 14.8 Å². The molecule has 0 aromatic heterocycles. The molecule has 0 radical (unpaired) electrons. The van der Waals surface area contributed by atoms with Gasteiger partial charge < -0.3 is 9.46 Å². The summed E-state index contributed by atoms with van der Waals surface area (Å²) in [7, 11) is -4.32. The molecule has 0 heterocycles. The lowest BCUT2D eigenvalue weighted by atomic mass is 11.3. The van der Waals surface area contributed by atoms with Crippen molar-refractivity contribution in [3.8, 4) is 0 Å². The van der Waals surface area contributed by atoms with Crippen molar-refractivity contribution in [2.24, 2.45) is 0 Å². The minimum absolute atomic E-state index is 0.818. The van der Waals surface area contributed by atoms with Gasteiger partial charge in [-0.05, 0) is 6.73 Å². The Balaban J connectivity index is 4.26. The maximum Gasteiger partial charge on any atom is 0.480 e. The number of halogens is 3. The quantitative estimate of drug-likeness (QED) is 0.664. The zero-order chi connectivity index (χ0) is 9.12. The van der Waals surface area contributed by atoms with Gasteiger partial charge in [0.1, 0.15) is 0 Å². The number of hydrogen-bond acceptors (Lipinski definition) is 3. The van der Waals surface area contributed by atoms with E-state index in [0.717, 1.165) is 7.11 Å². The maximum atomic E-state index is 11.4. The van der Waals surface area contributed by atoms with Crippen molar-refractivity contribution >= 4 is 10.0 Å². The summed E-state index contributed by atoms with van der Waals surface area (Å²) in [6.45, 7) is -0.818. The Hall–Kier alpha value is -0.340. The van der Waals surface area contributed by atoms with Gasteiger partial charge in [0, 0.05) is 7.11 Å². The molecule has 0 atom stereocenters. The van der Waals surface area contributed by atoms with Gasteiger partial charge in [0.2, 0.25) is 0 Å². The van der Waals surface area contributed by atoms with Gasteiger partial charge in [-0.3, -0.25) is 0 Å². The van der Waals surface area contributed by atoms with Crippen LogP contribution in [0.3, 0.4) is 0 Å². The molecule has 0 bridgehead atoms. The summed E-state index contributed by atoms with van der Waals surface area (Å²) in [5.41, 5.74) is -5.33. The summed E-state index contributed by atoms with van der Waals surface area (Å²) >= 11 is 0. The first-order valence-electron chi connectivity index (χ1n) is 2.30. The van der Waals surface area contributed by atoms with E-state index in [9.17, 15) is 21.6 Å². The first-order chi connectivity index (χ1) is 4.81. The lowest BCUT2D eigenvalue weighted by molar-refractivity contribution is -0.0429. The summed E-state index contributed by atoms with van der Waals surface area (Å²) < 4.78 is 60.6. The molecule has 0 rings (SSSR count). The predicted molar refractivity (Wildman–Crippen MR) is 30.2 cm³/mol. The lowest BCUT2D eigenvalue weighted by Gasteiger charge is -2.20. The number of methoxy groups -OCH3 is 1. The van der Waals surface area contributed by atoms with Crippen LogP contribution in [0.15, 0.2) is 0 Å². The molecule has 0 saturated heterocycles. The minimum Gasteiger partial charge on any atom is -0.518 e. The van der Waals surface area contributed by atoms with Gasteiger partial charge in [0.15, 0.2) is 10.0 Å². The van der Waals surface area contributed by atoms with E-state index >= 15 is 0 Å². The van der Waals surface area contributed by atoms with Crippen molar-refractivity contribution in [1.29, 1.82) is 0 Å². The second-order valence-electron chi connectivity index (χ2n) is 1.47. The average molecular weight is 192 g/mol. The highest BCUT2D eigenvalue weighted by atomic mass is 32.2. The molecule has 0 unspecified atom stereocenters. The van der Waals surface area contributed by atoms with Crippen LogP contribution in [0.5, 0.6) is 0 Å². The van der Waals surface area contributed by atoms with Gasteiger partial charge in [0.25, 0.3) is 0 Å². The van der Waals surface area contributed by atoms with E-state index in [2.05, 4.69) is 9.46 Å². The first-order valence-corrected chi connectivity index (χ1v) is 3.74. The Morgan fingerprint density at radius 1 is 1.45 bits per heavy atom. The van der Waals surface area contributed by atoms with Crippen LogP contribution in [0.2, 0.25) is 0 Å². The van der Waals surface area contributed by atoms with Gasteiger partial charge in [-0.25, -0.2) is 8.42 Å². The van der Waals surface area contributed by atoms with E-state index in [4.69, 9.17) is 0 Å². The standard InChI is InChI=1S/C3H5F3NO3S/c1-10-2-7-11(8,9)3(4,5)6/h2H2,1H3/q-1. The van der Waals surface area contributed by atoms with Crippen molar-refractivity contribution in [2.75, 3.05) is 13.8 Å². The monoisotopic (exact) mass is 192 g/mol. The van der Waals surface area contributed by atoms with Gasteiger partial charge in [0.05, 0.1) is 0 Å². The highest BCUT2D eigenvalue weighted by Crippen LogP contribution is 2.27. The molecule has 11 heavy (non-hydrogen) atoms. The van der Waals surface area contributed by atoms with Gasteiger partial charge in [-0.2, -0.15) is 13.2 Å². The highest BCUT2D eigenvalue weighted by Gasteiger charge is 2.38. The van der Waals surface area contributed by atoms with Gasteiger partial charge >= 0.3 is 5.51 Å². The van der Waals surface area contributed by atoms with E-state index in [1.807, 2.05) is 0 Å². The van der Waals surface area contributed by atoms with Crippen molar-refractivity contribution < 1.29 is 26.3 Å². The molecule has 68 valence electrons. The SMILES string of the molecule is COC[N-]S(=O)(=O)C(F)(F)F. The Morgan fingerprint density at radius 2 is 1.91 bits per heavy atom. The third-order valence-electron chi connectivity index (χ3n) is 0.644. The smallest absolute Gasteiger partial charge is 0.480 e. The molecule has 0 spiro atoms. The summed E-state index contributed by atoms with van der Waals surface area (Å²) in [6.07, 6.45) is 0. The second kappa shape index (κ2) is 3.37. The van der Waals surface area contributed by atoms with Crippen molar-refractivity contribution in [3.05, 3.63) is 4.72 Å². The van der Waals surface area contributed by atoms with Crippen molar-refractivity contribution in [1.82, 2.24) is 0 Å². The molecule has 0 saturated carbocycles. The van der Waals surface area contributed by atoms with Crippen LogP contribution < -0.4 is 0 Å². The molecular formula is C3H5F3NO3S-. The minimum atomic E-state index is -5.36. The molecule has 0 aliphatic rings. The molecule has 0 N–H and O–H groups in total. The van der Waals surface area contributed by atoms with E-state index in [-0.39, 0.29) is 0 Å². The maximum absolute atomic E-state index is 11.4. The number of alkyl halides is 3. The Bertz CT molecular complexity index is 208. The number of ether oxygens (including phenoxy) is 1. The fraction of sp³-hybridized carbons (Fsp3) is 1.00. The number of hydrogen-bond donors (Lipinski definition) is 0. The van der Waals surface area contributed by atoms with E-state index in [1.165, 1.54) is 0 Å². The summed E-state index contributed by atoms with van der Waals surface area (Å²) in [6, 6.07) is 0. The van der Waals surface area contributed by atoms with E-state index in [0.29, 0.717) is 0 Å². The second-order valence-corrected chi connectivity index (χ2v) is 3.14. The third kappa shape index (κ3) is 3.04. The van der Waals surface area contributed by atoms with Crippen LogP contribution in [0.25, 0.3) is 4.72 Å². The summed E-state index contributed by atoms with van der Waals surface area (Å²) in [5, 5.41) is 0. The van der Waals surface area contributed by atoms with Gasteiger partial charge in [-0.15, -0.1) is 0 Å². The Kier molecular flexibility index (Phi) is 3.27. The van der Waals surface area contributed by atoms with Crippen LogP contribution in [0, 0.1) is 0 Å². The number of sulfonamides is 1. The molecule has 0 aromatic carbocycles. The third-order valence-corrected chi connectivity index (χ3v) is 1.67. The van der Waals surface area contributed by atoms with E-state index < -0.39 is 22.3 Å². The average Bonchev–Trinajstić information content (AvgIpc) is 1.81. The molecule has 0 aromatic rings. The zero-order valence-electron chi connectivity index (χ0n) is 5.42. The predicted octanol–water partition coefficient (Wildman–Crippen LogP) is 0.814. The topological polar surface area (TPSA) is 57.5 Å². The normalized spacial score (nSPS) is 13.5.